The number of aliphatic hydroxyl groups excluding tert-OH is 2. The van der Waals surface area contributed by atoms with E-state index in [9.17, 15) is 19.8 Å². The molecular formula is C22H27BrF2O4. The largest absolute Gasteiger partial charge is 0.390 e. The molecular weight excluding hydrogens is 446 g/mol. The van der Waals surface area contributed by atoms with Gasteiger partial charge in [-0.05, 0) is 61.2 Å². The van der Waals surface area contributed by atoms with Crippen molar-refractivity contribution in [3.63, 3.8) is 0 Å². The van der Waals surface area contributed by atoms with Crippen LogP contribution in [0, 0.1) is 28.6 Å². The van der Waals surface area contributed by atoms with Crippen LogP contribution in [0.5, 0.6) is 0 Å². The van der Waals surface area contributed by atoms with Crippen molar-refractivity contribution in [1.29, 1.82) is 0 Å². The van der Waals surface area contributed by atoms with Crippen LogP contribution in [-0.4, -0.2) is 50.7 Å². The van der Waals surface area contributed by atoms with E-state index < -0.39 is 51.4 Å². The van der Waals surface area contributed by atoms with Crippen molar-refractivity contribution in [2.45, 2.75) is 62.3 Å². The van der Waals surface area contributed by atoms with Crippen molar-refractivity contribution in [2.75, 3.05) is 6.61 Å². The molecule has 9 atom stereocenters. The molecule has 160 valence electrons. The summed E-state index contributed by atoms with van der Waals surface area (Å²) in [7, 11) is 0. The minimum atomic E-state index is -2.15. The lowest BCUT2D eigenvalue weighted by molar-refractivity contribution is -0.199. The predicted octanol–water partition coefficient (Wildman–Crippen LogP) is 3.25. The minimum Gasteiger partial charge on any atom is -0.390 e. The van der Waals surface area contributed by atoms with Crippen LogP contribution in [0.1, 0.15) is 40.0 Å². The van der Waals surface area contributed by atoms with Crippen LogP contribution in [-0.2, 0) is 9.59 Å². The van der Waals surface area contributed by atoms with E-state index in [1.54, 1.807) is 6.92 Å². The zero-order chi connectivity index (χ0) is 21.6. The molecule has 4 rings (SSSR count). The Morgan fingerprint density at radius 2 is 1.97 bits per heavy atom. The molecule has 0 bridgehead atoms. The first kappa shape index (κ1) is 21.3. The highest BCUT2D eigenvalue weighted by Gasteiger charge is 2.76. The Morgan fingerprint density at radius 1 is 1.31 bits per heavy atom. The summed E-state index contributed by atoms with van der Waals surface area (Å²) in [5.41, 5.74) is -4.32. The molecule has 0 saturated heterocycles. The predicted molar refractivity (Wildman–Crippen MR) is 107 cm³/mol. The number of halogens is 3. The van der Waals surface area contributed by atoms with Crippen LogP contribution < -0.4 is 0 Å². The van der Waals surface area contributed by atoms with Gasteiger partial charge in [-0.25, -0.2) is 8.78 Å². The number of aliphatic hydroxyl groups is 2. The van der Waals surface area contributed by atoms with Gasteiger partial charge in [-0.2, -0.15) is 0 Å². The van der Waals surface area contributed by atoms with Gasteiger partial charge in [-0.15, -0.1) is 0 Å². The second-order valence-electron chi connectivity index (χ2n) is 9.79. The molecule has 0 spiro atoms. The van der Waals surface area contributed by atoms with Gasteiger partial charge in [0.2, 0.25) is 0 Å². The van der Waals surface area contributed by atoms with E-state index >= 15 is 8.78 Å². The lowest BCUT2D eigenvalue weighted by Crippen LogP contribution is -2.69. The highest BCUT2D eigenvalue weighted by molar-refractivity contribution is 9.10. The van der Waals surface area contributed by atoms with Crippen molar-refractivity contribution in [1.82, 2.24) is 0 Å². The lowest BCUT2D eigenvalue weighted by atomic mass is 9.44. The van der Waals surface area contributed by atoms with E-state index in [0.29, 0.717) is 6.42 Å². The molecule has 0 amide bonds. The van der Waals surface area contributed by atoms with Gasteiger partial charge in [0.15, 0.2) is 17.2 Å². The van der Waals surface area contributed by atoms with Gasteiger partial charge < -0.3 is 10.2 Å². The van der Waals surface area contributed by atoms with Gasteiger partial charge in [0, 0.05) is 11.3 Å². The molecule has 4 aliphatic rings. The van der Waals surface area contributed by atoms with Crippen LogP contribution in [0.4, 0.5) is 8.78 Å². The van der Waals surface area contributed by atoms with Crippen molar-refractivity contribution < 1.29 is 28.6 Å². The number of allylic oxidation sites excluding steroid dienone is 4. The third-order valence-corrected chi connectivity index (χ3v) is 10.8. The van der Waals surface area contributed by atoms with Crippen molar-refractivity contribution in [2.24, 2.45) is 28.6 Å². The highest BCUT2D eigenvalue weighted by atomic mass is 79.9. The summed E-state index contributed by atoms with van der Waals surface area (Å²) in [5.74, 6) is -2.16. The van der Waals surface area contributed by atoms with E-state index in [2.05, 4.69) is 15.9 Å². The van der Waals surface area contributed by atoms with Crippen molar-refractivity contribution in [3.05, 3.63) is 23.8 Å². The number of alkyl halides is 3. The molecule has 4 aliphatic carbocycles. The first-order chi connectivity index (χ1) is 13.4. The molecule has 29 heavy (non-hydrogen) atoms. The van der Waals surface area contributed by atoms with Crippen molar-refractivity contribution >= 4 is 27.5 Å². The van der Waals surface area contributed by atoms with Gasteiger partial charge in [-0.1, -0.05) is 35.9 Å². The zero-order valence-corrected chi connectivity index (χ0v) is 18.4. The summed E-state index contributed by atoms with van der Waals surface area (Å²) in [5, 5.41) is 20.7. The third-order valence-electron chi connectivity index (χ3n) is 8.69. The number of rotatable bonds is 2. The molecule has 3 saturated carbocycles. The summed E-state index contributed by atoms with van der Waals surface area (Å²) >= 11 is 3.59. The Balaban J connectivity index is 1.87. The molecule has 0 aliphatic heterocycles. The van der Waals surface area contributed by atoms with Crippen molar-refractivity contribution in [3.8, 4) is 0 Å². The van der Waals surface area contributed by atoms with E-state index in [-0.39, 0.29) is 36.0 Å². The average Bonchev–Trinajstić information content (AvgIpc) is 2.86. The zero-order valence-electron chi connectivity index (χ0n) is 16.8. The van der Waals surface area contributed by atoms with Gasteiger partial charge >= 0.3 is 0 Å². The summed E-state index contributed by atoms with van der Waals surface area (Å²) in [6, 6.07) is 0. The van der Waals surface area contributed by atoms with E-state index in [4.69, 9.17) is 0 Å². The van der Waals surface area contributed by atoms with Crippen LogP contribution in [0.2, 0.25) is 0 Å². The highest BCUT2D eigenvalue weighted by Crippen LogP contribution is 2.72. The number of ketones is 2. The maximum atomic E-state index is 16.9. The topological polar surface area (TPSA) is 74.6 Å². The number of fused-ring (bicyclic) bond motifs is 5. The molecule has 0 aromatic carbocycles. The molecule has 2 N–H and O–H groups in total. The number of carbonyl (C=O) groups excluding carboxylic acids is 2. The lowest BCUT2D eigenvalue weighted by Gasteiger charge is -2.63. The van der Waals surface area contributed by atoms with Crippen LogP contribution in [0.25, 0.3) is 0 Å². The van der Waals surface area contributed by atoms with Gasteiger partial charge in [0.1, 0.15) is 12.8 Å². The molecule has 7 heteroatoms. The van der Waals surface area contributed by atoms with Gasteiger partial charge in [-0.3, -0.25) is 9.59 Å². The van der Waals surface area contributed by atoms with Crippen LogP contribution in [0.3, 0.4) is 0 Å². The third kappa shape index (κ3) is 2.30. The van der Waals surface area contributed by atoms with Gasteiger partial charge in [0.05, 0.1) is 10.4 Å². The maximum absolute atomic E-state index is 16.9. The summed E-state index contributed by atoms with van der Waals surface area (Å²) in [6.45, 7) is 4.62. The monoisotopic (exact) mass is 472 g/mol. The molecule has 0 aromatic heterocycles. The standard InChI is InChI=1S/C22H27BrF2O4/c1-11-6-13-14-8-16(24)15-7-12(27)4-5-19(15,2)22(14,25)17(28)9-20(13,3)21(11,23)18(29)10-26/h4-5,7,11,13-14,16-17,26,28H,6,8-10H2,1-3H3. The maximum Gasteiger partial charge on any atom is 0.178 e. The Labute approximate surface area is 177 Å². The molecule has 0 heterocycles. The SMILES string of the molecule is CC1CC2C3CC(F)C4=CC(=O)C=CC4(C)C3(F)C(O)CC2(C)C1(Br)C(=O)CO. The second kappa shape index (κ2) is 6.30. The molecule has 4 nitrogen and oxygen atoms in total. The summed E-state index contributed by atoms with van der Waals surface area (Å²) < 4.78 is 31.1. The molecule has 0 aromatic rings. The fourth-order valence-corrected chi connectivity index (χ4v) is 7.99. The first-order valence-electron chi connectivity index (χ1n) is 10.2. The van der Waals surface area contributed by atoms with Crippen LogP contribution >= 0.6 is 15.9 Å². The number of Topliss-reactive ketones (excluding diaryl/α,β-unsaturated/α-hetero) is 1. The summed E-state index contributed by atoms with van der Waals surface area (Å²) in [6.07, 6.45) is 1.25. The first-order valence-corrected chi connectivity index (χ1v) is 11.0. The number of hydrogen-bond acceptors (Lipinski definition) is 4. The summed E-state index contributed by atoms with van der Waals surface area (Å²) in [4.78, 5) is 24.6. The fourth-order valence-electron chi connectivity index (χ4n) is 7.22. The Kier molecular flexibility index (Phi) is 4.63. The smallest absolute Gasteiger partial charge is 0.178 e. The van der Waals surface area contributed by atoms with E-state index in [1.165, 1.54) is 18.2 Å². The Morgan fingerprint density at radius 3 is 2.59 bits per heavy atom. The Bertz CT molecular complexity index is 843. The van der Waals surface area contributed by atoms with E-state index in [0.717, 1.165) is 0 Å². The fraction of sp³-hybridized carbons (Fsp3) is 0.727. The minimum absolute atomic E-state index is 0.00755. The molecule has 0 radical (unpaired) electrons. The normalized spacial score (nSPS) is 53.7. The molecule has 9 unspecified atom stereocenters. The van der Waals surface area contributed by atoms with E-state index in [1.807, 2.05) is 13.8 Å². The Hall–Kier alpha value is -0.920. The number of hydrogen-bond donors (Lipinski definition) is 2. The average molecular weight is 473 g/mol. The quantitative estimate of drug-likeness (QED) is 0.604. The second-order valence-corrected chi connectivity index (χ2v) is 11.0. The van der Waals surface area contributed by atoms with Crippen LogP contribution in [0.15, 0.2) is 23.8 Å². The molecule has 3 fully saturated rings. The number of carbonyl (C=O) groups is 2. The van der Waals surface area contributed by atoms with Gasteiger partial charge in [0.25, 0.3) is 0 Å².